The number of rotatable bonds is 2. The van der Waals surface area contributed by atoms with Crippen molar-refractivity contribution in [2.75, 3.05) is 5.43 Å². The van der Waals surface area contributed by atoms with Crippen LogP contribution in [0.2, 0.25) is 0 Å². The Morgan fingerprint density at radius 1 is 1.80 bits per heavy atom. The van der Waals surface area contributed by atoms with Gasteiger partial charge in [0.25, 0.3) is 0 Å². The average molecular weight is 172 g/mol. The SMILES string of the molecule is O=[N+]([O-])Nc1nn[nH]n1.[Ca+2].[H-].[H-]. The summed E-state index contributed by atoms with van der Waals surface area (Å²) in [5, 5.41) is 20.5. The van der Waals surface area contributed by atoms with Gasteiger partial charge in [-0.2, -0.15) is 5.21 Å². The van der Waals surface area contributed by atoms with Crippen LogP contribution in [0.4, 0.5) is 5.95 Å². The van der Waals surface area contributed by atoms with Crippen molar-refractivity contribution in [2.24, 2.45) is 0 Å². The molecule has 0 aliphatic rings. The molecule has 52 valence electrons. The maximum Gasteiger partial charge on any atom is 2.00 e. The molecule has 0 aromatic carbocycles. The summed E-state index contributed by atoms with van der Waals surface area (Å²) in [5.74, 6) is -0.153. The first-order valence-electron chi connectivity index (χ1n) is 1.93. The van der Waals surface area contributed by atoms with E-state index in [1.165, 1.54) is 0 Å². The maximum atomic E-state index is 9.64. The van der Waals surface area contributed by atoms with Crippen LogP contribution < -0.4 is 5.43 Å². The zero-order chi connectivity index (χ0) is 6.69. The van der Waals surface area contributed by atoms with Crippen molar-refractivity contribution in [1.82, 2.24) is 20.6 Å². The molecule has 0 amide bonds. The first-order valence-corrected chi connectivity index (χ1v) is 1.93. The van der Waals surface area contributed by atoms with Gasteiger partial charge in [-0.15, -0.1) is 5.10 Å². The van der Waals surface area contributed by atoms with Crippen LogP contribution in [-0.4, -0.2) is 63.4 Å². The third kappa shape index (κ3) is 2.90. The summed E-state index contributed by atoms with van der Waals surface area (Å²) < 4.78 is 0. The van der Waals surface area contributed by atoms with Crippen molar-refractivity contribution in [3.63, 3.8) is 0 Å². The minimum atomic E-state index is -0.773. The molecule has 0 aliphatic carbocycles. The first-order chi connectivity index (χ1) is 4.29. The zero-order valence-electron chi connectivity index (χ0n) is 6.81. The largest absolute Gasteiger partial charge is 2.00 e. The molecule has 0 bridgehead atoms. The summed E-state index contributed by atoms with van der Waals surface area (Å²) in [7, 11) is 0. The van der Waals surface area contributed by atoms with Crippen molar-refractivity contribution in [2.45, 2.75) is 0 Å². The molecule has 9 heteroatoms. The molecular weight excluding hydrogens is 168 g/mol. The predicted octanol–water partition coefficient (Wildman–Crippen LogP) is -1.35. The standard InChI is InChI=1S/CH2N6O2.Ca.2H/c8-7(9)4-1-2-5-6-3-1;;;/h(H2,2,3,4,5,6);;;/q;+2;2*-1. The summed E-state index contributed by atoms with van der Waals surface area (Å²) in [4.78, 5) is 9.64. The molecule has 1 aromatic rings. The van der Waals surface area contributed by atoms with E-state index in [0.717, 1.165) is 0 Å². The fourth-order valence-electron chi connectivity index (χ4n) is 0.291. The molecule has 8 nitrogen and oxygen atoms in total. The third-order valence-corrected chi connectivity index (χ3v) is 0.537. The van der Waals surface area contributed by atoms with Gasteiger partial charge in [0.05, 0.1) is 0 Å². The smallest absolute Gasteiger partial charge is 1.00 e. The number of anilines is 1. The van der Waals surface area contributed by atoms with E-state index in [2.05, 4.69) is 20.6 Å². The van der Waals surface area contributed by atoms with Crippen LogP contribution in [0.25, 0.3) is 0 Å². The molecule has 0 spiro atoms. The number of hydrogen-bond donors (Lipinski definition) is 2. The Bertz CT molecular complexity index is 203. The zero-order valence-corrected chi connectivity index (χ0v) is 7.02. The number of H-pyrrole nitrogens is 1. The van der Waals surface area contributed by atoms with Gasteiger partial charge in [-0.05, 0) is 5.21 Å². The van der Waals surface area contributed by atoms with Crippen LogP contribution in [-0.2, 0) is 0 Å². The number of nitrogens with one attached hydrogen (secondary N) is 2. The van der Waals surface area contributed by atoms with Crippen LogP contribution in [0.5, 0.6) is 0 Å². The van der Waals surface area contributed by atoms with Gasteiger partial charge in [0.15, 0.2) is 5.03 Å². The number of aromatic nitrogens is 4. The summed E-state index contributed by atoms with van der Waals surface area (Å²) in [6, 6.07) is 0. The summed E-state index contributed by atoms with van der Waals surface area (Å²) in [6.07, 6.45) is 0. The van der Waals surface area contributed by atoms with Gasteiger partial charge < -0.3 is 2.85 Å². The molecule has 2 N–H and O–H groups in total. The fraction of sp³-hybridized carbons (Fsp3) is 0. The van der Waals surface area contributed by atoms with E-state index in [9.17, 15) is 10.1 Å². The molecule has 0 aliphatic heterocycles. The van der Waals surface area contributed by atoms with Gasteiger partial charge in [-0.3, -0.25) is 0 Å². The Balaban J connectivity index is -0.000000270. The van der Waals surface area contributed by atoms with Crippen molar-refractivity contribution in [3.8, 4) is 0 Å². The van der Waals surface area contributed by atoms with Crippen molar-refractivity contribution >= 4 is 43.7 Å². The second kappa shape index (κ2) is 4.36. The normalized spacial score (nSPS) is 8.00. The van der Waals surface area contributed by atoms with Gasteiger partial charge in [-0.25, -0.2) is 10.1 Å². The van der Waals surface area contributed by atoms with Crippen LogP contribution in [0.15, 0.2) is 0 Å². The summed E-state index contributed by atoms with van der Waals surface area (Å²) in [6.45, 7) is 0. The topological polar surface area (TPSA) is 110 Å². The van der Waals surface area contributed by atoms with Crippen molar-refractivity contribution in [1.29, 1.82) is 0 Å². The van der Waals surface area contributed by atoms with E-state index in [4.69, 9.17) is 0 Å². The van der Waals surface area contributed by atoms with Crippen molar-refractivity contribution < 1.29 is 7.89 Å². The van der Waals surface area contributed by atoms with E-state index < -0.39 is 5.03 Å². The molecule has 0 radical (unpaired) electrons. The van der Waals surface area contributed by atoms with Gasteiger partial charge in [-0.1, -0.05) is 10.5 Å². The Labute approximate surface area is 87.5 Å². The summed E-state index contributed by atoms with van der Waals surface area (Å²) in [5.41, 5.74) is 1.69. The average Bonchev–Trinajstić information content (AvgIpc) is 2.15. The number of nitro groups is 1. The molecule has 0 saturated heterocycles. The Morgan fingerprint density at radius 2 is 2.50 bits per heavy atom. The predicted molar refractivity (Wildman–Crippen MR) is 32.8 cm³/mol. The molecule has 1 aromatic heterocycles. The van der Waals surface area contributed by atoms with Crippen LogP contribution in [0.1, 0.15) is 2.85 Å². The van der Waals surface area contributed by atoms with E-state index in [1.807, 2.05) is 0 Å². The summed E-state index contributed by atoms with van der Waals surface area (Å²) >= 11 is 0. The van der Waals surface area contributed by atoms with Crippen molar-refractivity contribution in [3.05, 3.63) is 10.1 Å². The molecular formula is CH4CaN6O2. The second-order valence-corrected chi connectivity index (χ2v) is 1.10. The molecule has 0 unspecified atom stereocenters. The monoisotopic (exact) mass is 172 g/mol. The number of hydrogen-bond acceptors (Lipinski definition) is 5. The first kappa shape index (κ1) is 9.53. The fourth-order valence-corrected chi connectivity index (χ4v) is 0.291. The van der Waals surface area contributed by atoms with Crippen LogP contribution in [0.3, 0.4) is 0 Å². The van der Waals surface area contributed by atoms with Crippen LogP contribution in [0, 0.1) is 10.1 Å². The molecule has 1 rings (SSSR count). The molecule has 0 saturated carbocycles. The number of nitrogens with zero attached hydrogens (tertiary/aromatic N) is 4. The van der Waals surface area contributed by atoms with Gasteiger partial charge >= 0.3 is 43.7 Å². The Morgan fingerprint density at radius 3 is 2.90 bits per heavy atom. The minimum absolute atomic E-state index is 0. The molecule has 0 atom stereocenters. The van der Waals surface area contributed by atoms with Gasteiger partial charge in [0.2, 0.25) is 0 Å². The van der Waals surface area contributed by atoms with Gasteiger partial charge in [0.1, 0.15) is 0 Å². The van der Waals surface area contributed by atoms with E-state index in [0.29, 0.717) is 0 Å². The van der Waals surface area contributed by atoms with E-state index in [-0.39, 0.29) is 46.5 Å². The Hall–Kier alpha value is -0.470. The van der Waals surface area contributed by atoms with E-state index in [1.54, 1.807) is 5.43 Å². The molecule has 10 heavy (non-hydrogen) atoms. The van der Waals surface area contributed by atoms with E-state index >= 15 is 0 Å². The second-order valence-electron chi connectivity index (χ2n) is 1.10. The molecule has 0 fully saturated rings. The van der Waals surface area contributed by atoms with Crippen LogP contribution >= 0.6 is 0 Å². The third-order valence-electron chi connectivity index (χ3n) is 0.537. The number of tetrazole rings is 1. The maximum absolute atomic E-state index is 9.64. The molecule has 1 heterocycles. The number of hydrazine groups is 1. The van der Waals surface area contributed by atoms with Gasteiger partial charge in [0, 0.05) is 0 Å². The quantitative estimate of drug-likeness (QED) is 0.324. The Kier molecular flexibility index (Phi) is 4.16. The number of aromatic amines is 1. The minimum Gasteiger partial charge on any atom is -1.00 e.